The van der Waals surface area contributed by atoms with Crippen molar-refractivity contribution < 1.29 is 17.9 Å². The number of aromatic nitrogens is 5. The summed E-state index contributed by atoms with van der Waals surface area (Å²) in [5, 5.41) is 2.64. The largest absolute Gasteiger partial charge is 0.477 e. The van der Waals surface area contributed by atoms with Gasteiger partial charge in [-0.3, -0.25) is 14.5 Å². The van der Waals surface area contributed by atoms with E-state index in [9.17, 15) is 13.2 Å². The number of anilines is 2. The highest BCUT2D eigenvalue weighted by Gasteiger charge is 2.59. The van der Waals surface area contributed by atoms with E-state index in [1.165, 1.54) is 12.3 Å². The zero-order chi connectivity index (χ0) is 26.5. The van der Waals surface area contributed by atoms with Crippen molar-refractivity contribution in [2.24, 2.45) is 11.8 Å². The van der Waals surface area contributed by atoms with Crippen molar-refractivity contribution in [3.8, 4) is 17.1 Å². The van der Waals surface area contributed by atoms with Crippen LogP contribution in [0.2, 0.25) is 0 Å². The molecule has 3 saturated carbocycles. The summed E-state index contributed by atoms with van der Waals surface area (Å²) in [6.45, 7) is 4.24. The number of hydrogen-bond acceptors (Lipinski definition) is 9. The third-order valence-corrected chi connectivity index (χ3v) is 9.37. The number of nitrogens with zero attached hydrogens (tertiary/aromatic N) is 5. The molecule has 38 heavy (non-hydrogen) atoms. The maximum absolute atomic E-state index is 13.8. The first-order valence-electron chi connectivity index (χ1n) is 12.9. The second kappa shape index (κ2) is 9.26. The molecule has 0 bridgehead atoms. The number of carbonyl (C=O) groups excluding carboxylic acids is 1. The molecule has 6 rings (SSSR count). The summed E-state index contributed by atoms with van der Waals surface area (Å²) in [6.07, 6.45) is 10.00. The molecule has 3 fully saturated rings. The number of hydrogen-bond donors (Lipinski definition) is 2. The second-order valence-electron chi connectivity index (χ2n) is 10.4. The molecule has 2 atom stereocenters. The number of aryl methyl sites for hydroxylation is 1. The van der Waals surface area contributed by atoms with Crippen molar-refractivity contribution >= 4 is 27.6 Å². The van der Waals surface area contributed by atoms with Gasteiger partial charge < -0.3 is 10.1 Å². The molecule has 0 saturated heterocycles. The molecule has 198 valence electrons. The van der Waals surface area contributed by atoms with Crippen LogP contribution in [-0.4, -0.2) is 51.1 Å². The van der Waals surface area contributed by atoms with Gasteiger partial charge in [0.25, 0.3) is 0 Å². The van der Waals surface area contributed by atoms with Crippen LogP contribution >= 0.6 is 0 Å². The molecular weight excluding hydrogens is 506 g/mol. The Morgan fingerprint density at radius 2 is 1.92 bits per heavy atom. The van der Waals surface area contributed by atoms with E-state index < -0.39 is 15.4 Å². The third-order valence-electron chi connectivity index (χ3n) is 7.53. The van der Waals surface area contributed by atoms with E-state index >= 15 is 0 Å². The standard InChI is InChI=1S/C26H29N7O4S/c1-3-37-22-14-27-13-20(30-22)18-8-15(2)23(29-12-18)32-25(34)26(10-16-9-17(16)11-26)24-28-7-6-21(31-24)33-38(35,36)19-4-5-19/h6-8,12-14,16-17,19H,3-5,9-11H2,1-2H3,(H,28,31,33)(H,29,32,34). The Kier molecular flexibility index (Phi) is 6.01. The molecule has 0 spiro atoms. The van der Waals surface area contributed by atoms with E-state index in [-0.39, 0.29) is 17.0 Å². The normalized spacial score (nSPS) is 23.9. The number of amides is 1. The molecule has 12 heteroatoms. The Morgan fingerprint density at radius 3 is 2.63 bits per heavy atom. The van der Waals surface area contributed by atoms with Crippen LogP contribution in [-0.2, 0) is 20.2 Å². The summed E-state index contributed by atoms with van der Waals surface area (Å²) >= 11 is 0. The van der Waals surface area contributed by atoms with Crippen LogP contribution in [0.4, 0.5) is 11.6 Å². The number of pyridine rings is 1. The Morgan fingerprint density at radius 1 is 1.13 bits per heavy atom. The Labute approximate surface area is 221 Å². The molecule has 2 N–H and O–H groups in total. The van der Waals surface area contributed by atoms with Crippen LogP contribution in [0, 0.1) is 18.8 Å². The molecule has 3 heterocycles. The lowest BCUT2D eigenvalue weighted by molar-refractivity contribution is -0.122. The monoisotopic (exact) mass is 535 g/mol. The van der Waals surface area contributed by atoms with Crippen LogP contribution in [0.3, 0.4) is 0 Å². The smallest absolute Gasteiger partial charge is 0.239 e. The van der Waals surface area contributed by atoms with Gasteiger partial charge in [0.05, 0.1) is 29.9 Å². The number of sulfonamides is 1. The summed E-state index contributed by atoms with van der Waals surface area (Å²) in [7, 11) is -3.48. The molecule has 11 nitrogen and oxygen atoms in total. The molecular formula is C26H29N7O4S. The highest BCUT2D eigenvalue weighted by molar-refractivity contribution is 7.93. The van der Waals surface area contributed by atoms with Crippen molar-refractivity contribution in [3.05, 3.63) is 48.3 Å². The second-order valence-corrected chi connectivity index (χ2v) is 12.3. The van der Waals surface area contributed by atoms with Gasteiger partial charge in [0.2, 0.25) is 21.8 Å². The fraction of sp³-hybridized carbons (Fsp3) is 0.462. The van der Waals surface area contributed by atoms with Crippen molar-refractivity contribution in [2.45, 2.75) is 56.6 Å². The summed E-state index contributed by atoms with van der Waals surface area (Å²) in [4.78, 5) is 36.0. The number of ether oxygens (including phenoxy) is 1. The predicted octanol–water partition coefficient (Wildman–Crippen LogP) is 3.25. The van der Waals surface area contributed by atoms with Gasteiger partial charge in [0, 0.05) is 18.0 Å². The summed E-state index contributed by atoms with van der Waals surface area (Å²) in [5.74, 6) is 2.08. The van der Waals surface area contributed by atoms with Crippen molar-refractivity contribution in [1.29, 1.82) is 0 Å². The minimum Gasteiger partial charge on any atom is -0.477 e. The van der Waals surface area contributed by atoms with E-state index in [0.717, 1.165) is 17.5 Å². The SMILES string of the molecule is CCOc1cncc(-c2cnc(NC(=O)C3(c4nccc(NS(=O)(=O)C5CC5)n4)CC4CC4C3)c(C)c2)n1. The lowest BCUT2D eigenvalue weighted by atomic mass is 9.80. The summed E-state index contributed by atoms with van der Waals surface area (Å²) in [5.41, 5.74) is 1.20. The maximum atomic E-state index is 13.8. The van der Waals surface area contributed by atoms with E-state index in [4.69, 9.17) is 4.74 Å². The highest BCUT2D eigenvalue weighted by atomic mass is 32.2. The average molecular weight is 536 g/mol. The summed E-state index contributed by atoms with van der Waals surface area (Å²) in [6, 6.07) is 3.42. The third kappa shape index (κ3) is 4.68. The lowest BCUT2D eigenvalue weighted by Crippen LogP contribution is -2.41. The van der Waals surface area contributed by atoms with Crippen LogP contribution in [0.5, 0.6) is 5.88 Å². The first-order chi connectivity index (χ1) is 18.3. The predicted molar refractivity (Wildman–Crippen MR) is 140 cm³/mol. The lowest BCUT2D eigenvalue weighted by Gasteiger charge is -2.28. The van der Waals surface area contributed by atoms with E-state index in [1.807, 2.05) is 19.9 Å². The molecule has 3 aromatic rings. The van der Waals surface area contributed by atoms with E-state index in [1.54, 1.807) is 18.6 Å². The fourth-order valence-corrected chi connectivity index (χ4v) is 6.62. The Balaban J connectivity index is 1.25. The van der Waals surface area contributed by atoms with Crippen molar-refractivity contribution in [1.82, 2.24) is 24.9 Å². The van der Waals surface area contributed by atoms with Gasteiger partial charge in [-0.25, -0.2) is 28.4 Å². The van der Waals surface area contributed by atoms with Gasteiger partial charge in [-0.15, -0.1) is 0 Å². The molecule has 2 unspecified atom stereocenters. The zero-order valence-corrected chi connectivity index (χ0v) is 22.0. The molecule has 3 aromatic heterocycles. The van der Waals surface area contributed by atoms with Crippen molar-refractivity contribution in [3.63, 3.8) is 0 Å². The molecule has 3 aliphatic carbocycles. The first kappa shape index (κ1) is 24.7. The zero-order valence-electron chi connectivity index (χ0n) is 21.2. The molecule has 3 aliphatic rings. The quantitative estimate of drug-likeness (QED) is 0.421. The molecule has 0 aromatic carbocycles. The number of nitrogens with one attached hydrogen (secondary N) is 2. The van der Waals surface area contributed by atoms with Gasteiger partial charge in [0.1, 0.15) is 22.9 Å². The van der Waals surface area contributed by atoms with Gasteiger partial charge in [-0.05, 0) is 75.5 Å². The van der Waals surface area contributed by atoms with Crippen LogP contribution < -0.4 is 14.8 Å². The maximum Gasteiger partial charge on any atom is 0.239 e. The Bertz CT molecular complexity index is 1500. The van der Waals surface area contributed by atoms with E-state index in [0.29, 0.717) is 67.3 Å². The van der Waals surface area contributed by atoms with Gasteiger partial charge >= 0.3 is 0 Å². The van der Waals surface area contributed by atoms with Crippen LogP contribution in [0.25, 0.3) is 11.3 Å². The summed E-state index contributed by atoms with van der Waals surface area (Å²) < 4.78 is 32.9. The topological polar surface area (TPSA) is 149 Å². The molecule has 0 radical (unpaired) electrons. The van der Waals surface area contributed by atoms with Crippen LogP contribution in [0.1, 0.15) is 50.4 Å². The van der Waals surface area contributed by atoms with Crippen molar-refractivity contribution in [2.75, 3.05) is 16.6 Å². The number of rotatable bonds is 9. The number of fused-ring (bicyclic) bond motifs is 1. The fourth-order valence-electron chi connectivity index (χ4n) is 5.29. The highest BCUT2D eigenvalue weighted by Crippen LogP contribution is 2.60. The van der Waals surface area contributed by atoms with Gasteiger partial charge in [0.15, 0.2) is 0 Å². The van der Waals surface area contributed by atoms with Gasteiger partial charge in [-0.2, -0.15) is 0 Å². The molecule has 0 aliphatic heterocycles. The van der Waals surface area contributed by atoms with Gasteiger partial charge in [-0.1, -0.05) is 0 Å². The minimum atomic E-state index is -3.48. The average Bonchev–Trinajstić information content (AvgIpc) is 3.84. The van der Waals surface area contributed by atoms with Crippen LogP contribution in [0.15, 0.2) is 36.9 Å². The minimum absolute atomic E-state index is 0.198. The van der Waals surface area contributed by atoms with E-state index in [2.05, 4.69) is 35.0 Å². The first-order valence-corrected chi connectivity index (χ1v) is 14.4. The number of carbonyl (C=O) groups is 1. The molecule has 1 amide bonds. The Hall–Kier alpha value is -3.67.